The van der Waals surface area contributed by atoms with Crippen molar-refractivity contribution >= 4 is 40.3 Å². The number of rotatable bonds is 2. The molecule has 82 valence electrons. The summed E-state index contributed by atoms with van der Waals surface area (Å²) in [6.45, 7) is 0. The Morgan fingerprint density at radius 3 is 2.62 bits per heavy atom. The highest BCUT2D eigenvalue weighted by molar-refractivity contribution is 6.36. The Morgan fingerprint density at radius 2 is 1.94 bits per heavy atom. The third-order valence-electron chi connectivity index (χ3n) is 1.97. The number of aromatic nitrogens is 1. The normalized spacial score (nSPS) is 10.1. The van der Waals surface area contributed by atoms with Gasteiger partial charge < -0.3 is 11.1 Å². The predicted molar refractivity (Wildman–Crippen MR) is 68.4 cm³/mol. The van der Waals surface area contributed by atoms with E-state index in [0.717, 1.165) is 11.4 Å². The zero-order chi connectivity index (χ0) is 11.5. The highest BCUT2D eigenvalue weighted by atomic mass is 35.5. The van der Waals surface area contributed by atoms with Crippen LogP contribution in [0, 0.1) is 0 Å². The molecule has 0 unspecified atom stereocenters. The van der Waals surface area contributed by atoms with Gasteiger partial charge in [-0.25, -0.2) is 0 Å². The topological polar surface area (TPSA) is 50.9 Å². The Kier molecular flexibility index (Phi) is 3.17. The molecule has 0 spiro atoms. The Morgan fingerprint density at radius 1 is 1.12 bits per heavy atom. The number of hydrogen-bond donors (Lipinski definition) is 2. The van der Waals surface area contributed by atoms with Crippen LogP contribution in [0.3, 0.4) is 0 Å². The van der Waals surface area contributed by atoms with Crippen LogP contribution in [0.5, 0.6) is 0 Å². The van der Waals surface area contributed by atoms with Crippen LogP contribution in [0.4, 0.5) is 17.1 Å². The molecule has 1 aromatic heterocycles. The largest absolute Gasteiger partial charge is 0.397 e. The maximum absolute atomic E-state index is 6.02. The Balaban J connectivity index is 2.27. The van der Waals surface area contributed by atoms with Crippen LogP contribution >= 0.6 is 23.2 Å². The van der Waals surface area contributed by atoms with Gasteiger partial charge in [0.1, 0.15) is 0 Å². The van der Waals surface area contributed by atoms with E-state index >= 15 is 0 Å². The summed E-state index contributed by atoms with van der Waals surface area (Å²) in [5.74, 6) is 0. The molecule has 3 nitrogen and oxygen atoms in total. The lowest BCUT2D eigenvalue weighted by Gasteiger charge is -2.08. The molecule has 0 bridgehead atoms. The molecule has 2 rings (SSSR count). The maximum atomic E-state index is 6.02. The van der Waals surface area contributed by atoms with Crippen LogP contribution in [-0.4, -0.2) is 4.98 Å². The Labute approximate surface area is 103 Å². The average molecular weight is 254 g/mol. The van der Waals surface area contributed by atoms with E-state index in [4.69, 9.17) is 28.9 Å². The van der Waals surface area contributed by atoms with Gasteiger partial charge in [-0.1, -0.05) is 23.2 Å². The number of nitrogens with two attached hydrogens (primary N) is 1. The second-order valence-electron chi connectivity index (χ2n) is 3.26. The van der Waals surface area contributed by atoms with Crippen LogP contribution < -0.4 is 11.1 Å². The molecule has 0 aliphatic carbocycles. The molecule has 1 aromatic carbocycles. The van der Waals surface area contributed by atoms with Gasteiger partial charge in [0.2, 0.25) is 0 Å². The summed E-state index contributed by atoms with van der Waals surface area (Å²) in [6.07, 6.45) is 3.25. The van der Waals surface area contributed by atoms with Crippen LogP contribution in [0.1, 0.15) is 0 Å². The minimum Gasteiger partial charge on any atom is -0.397 e. The molecular weight excluding hydrogens is 245 g/mol. The number of hydrogen-bond acceptors (Lipinski definition) is 3. The molecular formula is C11H9Cl2N3. The second kappa shape index (κ2) is 4.60. The summed E-state index contributed by atoms with van der Waals surface area (Å²) >= 11 is 11.8. The number of nitrogen functional groups attached to an aromatic ring is 1. The summed E-state index contributed by atoms with van der Waals surface area (Å²) < 4.78 is 0. The number of pyridine rings is 1. The van der Waals surface area contributed by atoms with Gasteiger partial charge in [-0.05, 0) is 24.3 Å². The van der Waals surface area contributed by atoms with Crippen LogP contribution in [-0.2, 0) is 0 Å². The van der Waals surface area contributed by atoms with E-state index in [9.17, 15) is 0 Å². The number of nitrogens with one attached hydrogen (secondary N) is 1. The highest BCUT2D eigenvalue weighted by Gasteiger charge is 2.01. The number of benzene rings is 1. The lowest BCUT2D eigenvalue weighted by Crippen LogP contribution is -1.94. The Hall–Kier alpha value is -1.45. The van der Waals surface area contributed by atoms with Crippen molar-refractivity contribution in [3.63, 3.8) is 0 Å². The predicted octanol–water partition coefficient (Wildman–Crippen LogP) is 3.71. The van der Waals surface area contributed by atoms with E-state index in [1.807, 2.05) is 0 Å². The first kappa shape index (κ1) is 11.0. The van der Waals surface area contributed by atoms with E-state index in [2.05, 4.69) is 10.3 Å². The lowest BCUT2D eigenvalue weighted by molar-refractivity contribution is 1.32. The summed E-state index contributed by atoms with van der Waals surface area (Å²) in [5.41, 5.74) is 7.75. The molecule has 0 atom stereocenters. The number of nitrogens with zero attached hydrogens (tertiary/aromatic N) is 1. The molecule has 5 heteroatoms. The van der Waals surface area contributed by atoms with E-state index in [1.165, 1.54) is 0 Å². The quantitative estimate of drug-likeness (QED) is 0.858. The fourth-order valence-corrected chi connectivity index (χ4v) is 1.73. The van der Waals surface area contributed by atoms with Crippen LogP contribution in [0.15, 0.2) is 36.7 Å². The lowest BCUT2D eigenvalue weighted by atomic mass is 10.3. The Bertz CT molecular complexity index is 514. The molecule has 1 heterocycles. The first-order valence-corrected chi connectivity index (χ1v) is 5.33. The fraction of sp³-hybridized carbons (Fsp3) is 0. The maximum Gasteiger partial charge on any atom is 0.0655 e. The van der Waals surface area contributed by atoms with Crippen molar-refractivity contribution in [2.45, 2.75) is 0 Å². The SMILES string of the molecule is Nc1cncc(Nc2ccc(Cl)cc2Cl)c1. The number of anilines is 3. The first-order chi connectivity index (χ1) is 7.65. The van der Waals surface area contributed by atoms with Gasteiger partial charge in [0.25, 0.3) is 0 Å². The van der Waals surface area contributed by atoms with Gasteiger partial charge in [-0.2, -0.15) is 0 Å². The summed E-state index contributed by atoms with van der Waals surface area (Å²) in [7, 11) is 0. The van der Waals surface area contributed by atoms with Crippen LogP contribution in [0.2, 0.25) is 10.0 Å². The third kappa shape index (κ3) is 2.56. The summed E-state index contributed by atoms with van der Waals surface area (Å²) in [5, 5.41) is 4.26. The van der Waals surface area contributed by atoms with Gasteiger partial charge in [-0.15, -0.1) is 0 Å². The summed E-state index contributed by atoms with van der Waals surface area (Å²) in [4.78, 5) is 3.97. The van der Waals surface area contributed by atoms with E-state index in [1.54, 1.807) is 36.7 Å². The molecule has 0 aliphatic rings. The molecule has 0 saturated heterocycles. The monoisotopic (exact) mass is 253 g/mol. The molecule has 0 aliphatic heterocycles. The molecule has 0 fully saturated rings. The van der Waals surface area contributed by atoms with Crippen molar-refractivity contribution in [2.75, 3.05) is 11.1 Å². The first-order valence-electron chi connectivity index (χ1n) is 4.58. The minimum absolute atomic E-state index is 0.551. The minimum atomic E-state index is 0.551. The molecule has 2 aromatic rings. The van der Waals surface area contributed by atoms with Crippen molar-refractivity contribution < 1.29 is 0 Å². The molecule has 0 saturated carbocycles. The van der Waals surface area contributed by atoms with Crippen molar-refractivity contribution in [3.8, 4) is 0 Å². The van der Waals surface area contributed by atoms with Gasteiger partial charge in [0.15, 0.2) is 0 Å². The van der Waals surface area contributed by atoms with E-state index in [0.29, 0.717) is 15.7 Å². The molecule has 0 amide bonds. The third-order valence-corrected chi connectivity index (χ3v) is 2.52. The van der Waals surface area contributed by atoms with Crippen LogP contribution in [0.25, 0.3) is 0 Å². The molecule has 3 N–H and O–H groups in total. The summed E-state index contributed by atoms with van der Waals surface area (Å²) in [6, 6.07) is 7.01. The molecule has 16 heavy (non-hydrogen) atoms. The van der Waals surface area contributed by atoms with Gasteiger partial charge >= 0.3 is 0 Å². The fourth-order valence-electron chi connectivity index (χ4n) is 1.27. The second-order valence-corrected chi connectivity index (χ2v) is 4.10. The average Bonchev–Trinajstić information content (AvgIpc) is 2.22. The standard InChI is InChI=1S/C11H9Cl2N3/c12-7-1-2-11(10(13)3-7)16-9-4-8(14)5-15-6-9/h1-6,16H,14H2. The van der Waals surface area contributed by atoms with Crippen molar-refractivity contribution in [3.05, 3.63) is 46.7 Å². The van der Waals surface area contributed by atoms with E-state index < -0.39 is 0 Å². The zero-order valence-corrected chi connectivity index (χ0v) is 9.76. The van der Waals surface area contributed by atoms with Crippen molar-refractivity contribution in [1.82, 2.24) is 4.98 Å². The number of halogens is 2. The van der Waals surface area contributed by atoms with Gasteiger partial charge in [0.05, 0.1) is 28.3 Å². The highest BCUT2D eigenvalue weighted by Crippen LogP contribution is 2.28. The zero-order valence-electron chi connectivity index (χ0n) is 8.24. The smallest absolute Gasteiger partial charge is 0.0655 e. The van der Waals surface area contributed by atoms with Crippen molar-refractivity contribution in [1.29, 1.82) is 0 Å². The van der Waals surface area contributed by atoms with Crippen molar-refractivity contribution in [2.24, 2.45) is 0 Å². The molecule has 0 radical (unpaired) electrons. The van der Waals surface area contributed by atoms with Gasteiger partial charge in [-0.3, -0.25) is 4.98 Å². The van der Waals surface area contributed by atoms with E-state index in [-0.39, 0.29) is 0 Å². The van der Waals surface area contributed by atoms with Gasteiger partial charge in [0, 0.05) is 11.2 Å².